The zero-order chi connectivity index (χ0) is 11.1. The first-order valence-corrected chi connectivity index (χ1v) is 4.85. The van der Waals surface area contributed by atoms with Gasteiger partial charge in [-0.25, -0.2) is 4.39 Å². The largest absolute Gasteiger partial charge is 0.356 e. The van der Waals surface area contributed by atoms with E-state index < -0.39 is 0 Å². The van der Waals surface area contributed by atoms with Gasteiger partial charge in [0.15, 0.2) is 0 Å². The molecule has 0 saturated carbocycles. The van der Waals surface area contributed by atoms with Crippen molar-refractivity contribution in [3.8, 4) is 0 Å². The number of carbonyl (C=O) groups is 1. The van der Waals surface area contributed by atoms with Crippen LogP contribution >= 0.6 is 0 Å². The summed E-state index contributed by atoms with van der Waals surface area (Å²) in [6, 6.07) is 6.29. The fourth-order valence-corrected chi connectivity index (χ4v) is 1.19. The van der Waals surface area contributed by atoms with Crippen molar-refractivity contribution in [3.63, 3.8) is 0 Å². The van der Waals surface area contributed by atoms with Crippen LogP contribution in [0.25, 0.3) is 0 Å². The Morgan fingerprint density at radius 3 is 2.87 bits per heavy atom. The first-order valence-electron chi connectivity index (χ1n) is 4.85. The highest BCUT2D eigenvalue weighted by molar-refractivity contribution is 5.78. The Hall–Kier alpha value is -1.64. The summed E-state index contributed by atoms with van der Waals surface area (Å²) in [5.74, 6) is -0.502. The third kappa shape index (κ3) is 3.94. The average molecular weight is 207 g/mol. The predicted octanol–water partition coefficient (Wildman–Crippen LogP) is 2.06. The Balaban J connectivity index is 2.44. The molecule has 0 unspecified atom stereocenters. The van der Waals surface area contributed by atoms with Gasteiger partial charge in [-0.2, -0.15) is 0 Å². The quantitative estimate of drug-likeness (QED) is 0.581. The molecule has 0 aromatic heterocycles. The topological polar surface area (TPSA) is 29.1 Å². The average Bonchev–Trinajstić information content (AvgIpc) is 2.22. The van der Waals surface area contributed by atoms with Gasteiger partial charge in [0.25, 0.3) is 0 Å². The van der Waals surface area contributed by atoms with Crippen LogP contribution in [-0.2, 0) is 11.2 Å². The van der Waals surface area contributed by atoms with Gasteiger partial charge in [-0.15, -0.1) is 6.58 Å². The fraction of sp³-hybridized carbons (Fsp3) is 0.250. The Bertz CT molecular complexity index is 349. The SMILES string of the molecule is C=CCCNC(=O)Cc1ccccc1F. The first-order chi connectivity index (χ1) is 7.24. The second-order valence-corrected chi connectivity index (χ2v) is 3.20. The van der Waals surface area contributed by atoms with Crippen molar-refractivity contribution < 1.29 is 9.18 Å². The molecule has 0 heterocycles. The van der Waals surface area contributed by atoms with Crippen molar-refractivity contribution in [1.82, 2.24) is 5.32 Å². The minimum absolute atomic E-state index is 0.0871. The molecule has 1 amide bonds. The highest BCUT2D eigenvalue weighted by Crippen LogP contribution is 2.06. The van der Waals surface area contributed by atoms with Crippen LogP contribution in [-0.4, -0.2) is 12.5 Å². The van der Waals surface area contributed by atoms with Crippen LogP contribution in [0.15, 0.2) is 36.9 Å². The molecule has 0 aliphatic rings. The number of hydrogen-bond donors (Lipinski definition) is 1. The van der Waals surface area contributed by atoms with Crippen LogP contribution in [0.1, 0.15) is 12.0 Å². The van der Waals surface area contributed by atoms with E-state index in [4.69, 9.17) is 0 Å². The first kappa shape index (κ1) is 11.4. The summed E-state index contributed by atoms with van der Waals surface area (Å²) in [6.45, 7) is 4.10. The van der Waals surface area contributed by atoms with Crippen LogP contribution < -0.4 is 5.32 Å². The molecule has 2 nitrogen and oxygen atoms in total. The summed E-state index contributed by atoms with van der Waals surface area (Å²) in [7, 11) is 0. The summed E-state index contributed by atoms with van der Waals surface area (Å²) in [5, 5.41) is 2.68. The standard InChI is InChI=1S/C12H14FNO/c1-2-3-8-14-12(15)9-10-6-4-5-7-11(10)13/h2,4-7H,1,3,8-9H2,(H,14,15). The van der Waals surface area contributed by atoms with Gasteiger partial charge in [-0.1, -0.05) is 24.3 Å². The summed E-state index contributed by atoms with van der Waals surface area (Å²) in [4.78, 5) is 11.3. The molecular formula is C12H14FNO. The predicted molar refractivity (Wildman–Crippen MR) is 57.9 cm³/mol. The molecule has 1 aromatic rings. The van der Waals surface area contributed by atoms with E-state index in [1.165, 1.54) is 6.07 Å². The molecule has 0 fully saturated rings. The van der Waals surface area contributed by atoms with Gasteiger partial charge in [0, 0.05) is 6.54 Å². The smallest absolute Gasteiger partial charge is 0.224 e. The van der Waals surface area contributed by atoms with Gasteiger partial charge in [-0.05, 0) is 18.1 Å². The van der Waals surface area contributed by atoms with E-state index in [0.717, 1.165) is 6.42 Å². The maximum atomic E-state index is 13.1. The van der Waals surface area contributed by atoms with Gasteiger partial charge in [0.2, 0.25) is 5.91 Å². The summed E-state index contributed by atoms with van der Waals surface area (Å²) in [5.41, 5.74) is 0.425. The minimum Gasteiger partial charge on any atom is -0.356 e. The van der Waals surface area contributed by atoms with Gasteiger partial charge in [0.1, 0.15) is 5.82 Å². The molecule has 0 radical (unpaired) electrons. The third-order valence-electron chi connectivity index (χ3n) is 1.98. The Labute approximate surface area is 88.8 Å². The number of hydrogen-bond acceptors (Lipinski definition) is 1. The lowest BCUT2D eigenvalue weighted by Gasteiger charge is -2.04. The van der Waals surface area contributed by atoms with Crippen molar-refractivity contribution in [2.45, 2.75) is 12.8 Å². The molecule has 1 rings (SSSR count). The van der Waals surface area contributed by atoms with Crippen LogP contribution in [0.4, 0.5) is 4.39 Å². The number of nitrogens with one attached hydrogen (secondary N) is 1. The van der Waals surface area contributed by atoms with Gasteiger partial charge < -0.3 is 5.32 Å². The highest BCUT2D eigenvalue weighted by Gasteiger charge is 2.06. The van der Waals surface area contributed by atoms with Crippen molar-refractivity contribution in [3.05, 3.63) is 48.3 Å². The van der Waals surface area contributed by atoms with Crippen molar-refractivity contribution >= 4 is 5.91 Å². The molecular weight excluding hydrogens is 193 g/mol. The lowest BCUT2D eigenvalue weighted by atomic mass is 10.1. The molecule has 15 heavy (non-hydrogen) atoms. The summed E-state index contributed by atoms with van der Waals surface area (Å²) >= 11 is 0. The molecule has 3 heteroatoms. The molecule has 1 aromatic carbocycles. The van der Waals surface area contributed by atoms with E-state index >= 15 is 0 Å². The normalized spacial score (nSPS) is 9.67. The van der Waals surface area contributed by atoms with E-state index in [-0.39, 0.29) is 18.1 Å². The van der Waals surface area contributed by atoms with E-state index in [1.54, 1.807) is 24.3 Å². The number of rotatable bonds is 5. The Morgan fingerprint density at radius 2 is 2.20 bits per heavy atom. The highest BCUT2D eigenvalue weighted by atomic mass is 19.1. The van der Waals surface area contributed by atoms with Crippen molar-refractivity contribution in [1.29, 1.82) is 0 Å². The summed E-state index contributed by atoms with van der Waals surface area (Å²) < 4.78 is 13.1. The molecule has 0 saturated heterocycles. The lowest BCUT2D eigenvalue weighted by Crippen LogP contribution is -2.26. The number of benzene rings is 1. The van der Waals surface area contributed by atoms with Crippen molar-refractivity contribution in [2.24, 2.45) is 0 Å². The minimum atomic E-state index is -0.337. The molecule has 1 N–H and O–H groups in total. The van der Waals surface area contributed by atoms with E-state index in [1.807, 2.05) is 0 Å². The van der Waals surface area contributed by atoms with E-state index in [9.17, 15) is 9.18 Å². The Morgan fingerprint density at radius 1 is 1.47 bits per heavy atom. The maximum absolute atomic E-state index is 13.1. The van der Waals surface area contributed by atoms with E-state index in [0.29, 0.717) is 12.1 Å². The molecule has 0 atom stereocenters. The lowest BCUT2D eigenvalue weighted by molar-refractivity contribution is -0.120. The number of halogens is 1. The number of amides is 1. The van der Waals surface area contributed by atoms with Gasteiger partial charge in [-0.3, -0.25) is 4.79 Å². The van der Waals surface area contributed by atoms with Crippen LogP contribution in [0.2, 0.25) is 0 Å². The van der Waals surface area contributed by atoms with E-state index in [2.05, 4.69) is 11.9 Å². The maximum Gasteiger partial charge on any atom is 0.224 e. The monoisotopic (exact) mass is 207 g/mol. The molecule has 80 valence electrons. The zero-order valence-corrected chi connectivity index (χ0v) is 8.50. The molecule has 0 bridgehead atoms. The van der Waals surface area contributed by atoms with Gasteiger partial charge >= 0.3 is 0 Å². The van der Waals surface area contributed by atoms with Crippen molar-refractivity contribution in [2.75, 3.05) is 6.54 Å². The van der Waals surface area contributed by atoms with Crippen LogP contribution in [0.3, 0.4) is 0 Å². The molecule has 0 spiro atoms. The zero-order valence-electron chi connectivity index (χ0n) is 8.50. The van der Waals surface area contributed by atoms with Crippen LogP contribution in [0.5, 0.6) is 0 Å². The summed E-state index contributed by atoms with van der Waals surface area (Å²) in [6.07, 6.45) is 2.54. The molecule has 0 aliphatic heterocycles. The molecule has 0 aliphatic carbocycles. The Kier molecular flexibility index (Phi) is 4.54. The fourth-order valence-electron chi connectivity index (χ4n) is 1.19. The second kappa shape index (κ2) is 5.96. The van der Waals surface area contributed by atoms with Gasteiger partial charge in [0.05, 0.1) is 6.42 Å². The number of carbonyl (C=O) groups excluding carboxylic acids is 1. The third-order valence-corrected chi connectivity index (χ3v) is 1.98. The van der Waals surface area contributed by atoms with Crippen LogP contribution in [0, 0.1) is 5.82 Å². The second-order valence-electron chi connectivity index (χ2n) is 3.20.